The second-order valence-electron chi connectivity index (χ2n) is 5.43. The average Bonchev–Trinajstić information content (AvgIpc) is 2.60. The number of nitrogens with one attached hydrogen (secondary N) is 2. The molecule has 0 radical (unpaired) electrons. The van der Waals surface area contributed by atoms with Gasteiger partial charge < -0.3 is 24.8 Å². The number of benzene rings is 1. The van der Waals surface area contributed by atoms with Crippen LogP contribution in [-0.4, -0.2) is 45.9 Å². The lowest BCUT2D eigenvalue weighted by atomic mass is 9.91. The van der Waals surface area contributed by atoms with Crippen LogP contribution in [0.1, 0.15) is 18.4 Å². The number of ether oxygens (including phenoxy) is 3. The summed E-state index contributed by atoms with van der Waals surface area (Å²) in [4.78, 5) is 12.6. The van der Waals surface area contributed by atoms with Crippen LogP contribution in [0.3, 0.4) is 0 Å². The Morgan fingerprint density at radius 3 is 2.39 bits per heavy atom. The van der Waals surface area contributed by atoms with Crippen molar-refractivity contribution in [3.63, 3.8) is 0 Å². The number of carbonyl (C=O) groups is 1. The number of halogens is 1. The van der Waals surface area contributed by atoms with E-state index >= 15 is 0 Å². The summed E-state index contributed by atoms with van der Waals surface area (Å²) in [7, 11) is 4.77. The first-order chi connectivity index (χ1) is 11.1. The molecule has 0 unspecified atom stereocenters. The van der Waals surface area contributed by atoms with Gasteiger partial charge in [0.05, 0.1) is 14.2 Å². The van der Waals surface area contributed by atoms with Gasteiger partial charge in [-0.25, -0.2) is 0 Å². The molecule has 1 saturated heterocycles. The maximum Gasteiger partial charge on any atom is 0.252 e. The summed E-state index contributed by atoms with van der Waals surface area (Å²) in [6.45, 7) is 1.95. The lowest BCUT2D eigenvalue weighted by Gasteiger charge is -2.34. The number of piperidine rings is 1. The van der Waals surface area contributed by atoms with Gasteiger partial charge in [-0.1, -0.05) is 15.9 Å². The zero-order valence-electron chi connectivity index (χ0n) is 13.7. The summed E-state index contributed by atoms with van der Waals surface area (Å²) in [5.74, 6) is 1.19. The van der Waals surface area contributed by atoms with Crippen LogP contribution < -0.4 is 20.1 Å². The first kappa shape index (κ1) is 18.0. The highest BCUT2D eigenvalue weighted by Gasteiger charge is 2.39. The molecule has 0 spiro atoms. The van der Waals surface area contributed by atoms with Crippen LogP contribution in [0.25, 0.3) is 0 Å². The highest BCUT2D eigenvalue weighted by molar-refractivity contribution is 9.10. The molecule has 1 aromatic rings. The van der Waals surface area contributed by atoms with Gasteiger partial charge >= 0.3 is 0 Å². The third-order valence-electron chi connectivity index (χ3n) is 4.21. The Labute approximate surface area is 145 Å². The van der Waals surface area contributed by atoms with Crippen LogP contribution in [0.5, 0.6) is 11.5 Å². The fourth-order valence-electron chi connectivity index (χ4n) is 2.72. The second kappa shape index (κ2) is 7.99. The standard InChI is InChI=1S/C16H23BrN2O4/c1-21-13-8-11(12(17)9-14(13)22-2)10-19-15(20)16(23-3)4-6-18-7-5-16/h8-9,18H,4-7,10H2,1-3H3,(H,19,20). The number of carbonyl (C=O) groups excluding carboxylic acids is 1. The highest BCUT2D eigenvalue weighted by atomic mass is 79.9. The molecule has 0 bridgehead atoms. The fourth-order valence-corrected chi connectivity index (χ4v) is 3.19. The first-order valence-electron chi connectivity index (χ1n) is 7.51. The van der Waals surface area contributed by atoms with Crippen molar-refractivity contribution in [3.8, 4) is 11.5 Å². The Hall–Kier alpha value is -1.31. The minimum Gasteiger partial charge on any atom is -0.493 e. The number of hydrogen-bond donors (Lipinski definition) is 2. The quantitative estimate of drug-likeness (QED) is 0.780. The van der Waals surface area contributed by atoms with E-state index in [4.69, 9.17) is 14.2 Å². The maximum absolute atomic E-state index is 12.6. The smallest absolute Gasteiger partial charge is 0.252 e. The summed E-state index contributed by atoms with van der Waals surface area (Å²) in [6.07, 6.45) is 1.34. The van der Waals surface area contributed by atoms with Crippen molar-refractivity contribution in [2.75, 3.05) is 34.4 Å². The SMILES string of the molecule is COc1cc(Br)c(CNC(=O)C2(OC)CCNCC2)cc1OC. The Bertz CT molecular complexity index is 559. The molecule has 0 atom stereocenters. The van der Waals surface area contributed by atoms with E-state index in [1.165, 1.54) is 0 Å². The average molecular weight is 387 g/mol. The van der Waals surface area contributed by atoms with E-state index in [9.17, 15) is 4.79 Å². The van der Waals surface area contributed by atoms with Crippen LogP contribution in [0, 0.1) is 0 Å². The van der Waals surface area contributed by atoms with E-state index < -0.39 is 5.60 Å². The molecule has 0 aliphatic carbocycles. The van der Waals surface area contributed by atoms with Crippen molar-refractivity contribution in [3.05, 3.63) is 22.2 Å². The Morgan fingerprint density at radius 2 is 1.83 bits per heavy atom. The van der Waals surface area contributed by atoms with E-state index in [1.807, 2.05) is 12.1 Å². The largest absolute Gasteiger partial charge is 0.493 e. The van der Waals surface area contributed by atoms with Gasteiger partial charge in [0.2, 0.25) is 0 Å². The first-order valence-corrected chi connectivity index (χ1v) is 8.30. The van der Waals surface area contributed by atoms with E-state index in [0.29, 0.717) is 30.9 Å². The zero-order chi connectivity index (χ0) is 16.9. The van der Waals surface area contributed by atoms with Crippen LogP contribution in [-0.2, 0) is 16.1 Å². The zero-order valence-corrected chi connectivity index (χ0v) is 15.3. The monoisotopic (exact) mass is 386 g/mol. The minimum atomic E-state index is -0.742. The third-order valence-corrected chi connectivity index (χ3v) is 4.95. The van der Waals surface area contributed by atoms with Crippen molar-refractivity contribution >= 4 is 21.8 Å². The third kappa shape index (κ3) is 3.97. The van der Waals surface area contributed by atoms with Gasteiger partial charge in [0.15, 0.2) is 11.5 Å². The summed E-state index contributed by atoms with van der Waals surface area (Å²) in [5.41, 5.74) is 0.171. The van der Waals surface area contributed by atoms with Gasteiger partial charge in [-0.2, -0.15) is 0 Å². The molecule has 6 nitrogen and oxygen atoms in total. The number of hydrogen-bond acceptors (Lipinski definition) is 5. The van der Waals surface area contributed by atoms with Crippen molar-refractivity contribution < 1.29 is 19.0 Å². The van der Waals surface area contributed by atoms with Crippen molar-refractivity contribution in [1.82, 2.24) is 10.6 Å². The Morgan fingerprint density at radius 1 is 1.22 bits per heavy atom. The lowest BCUT2D eigenvalue weighted by molar-refractivity contribution is -0.146. The van der Waals surface area contributed by atoms with E-state index in [2.05, 4.69) is 26.6 Å². The highest BCUT2D eigenvalue weighted by Crippen LogP contribution is 2.33. The van der Waals surface area contributed by atoms with Crippen LogP contribution in [0.4, 0.5) is 0 Å². The predicted molar refractivity (Wildman–Crippen MR) is 90.9 cm³/mol. The molecule has 23 heavy (non-hydrogen) atoms. The lowest BCUT2D eigenvalue weighted by Crippen LogP contribution is -2.53. The molecule has 7 heteroatoms. The predicted octanol–water partition coefficient (Wildman–Crippen LogP) is 1.85. The van der Waals surface area contributed by atoms with Crippen molar-refractivity contribution in [2.45, 2.75) is 25.0 Å². The van der Waals surface area contributed by atoms with E-state index in [0.717, 1.165) is 23.1 Å². The number of amides is 1. The molecular formula is C16H23BrN2O4. The summed E-state index contributed by atoms with van der Waals surface area (Å²) >= 11 is 3.50. The van der Waals surface area contributed by atoms with Crippen molar-refractivity contribution in [2.24, 2.45) is 0 Å². The molecule has 1 heterocycles. The Kier molecular flexibility index (Phi) is 6.26. The second-order valence-corrected chi connectivity index (χ2v) is 6.28. The Balaban J connectivity index is 2.09. The van der Waals surface area contributed by atoms with Crippen molar-refractivity contribution in [1.29, 1.82) is 0 Å². The number of rotatable bonds is 6. The fraction of sp³-hybridized carbons (Fsp3) is 0.562. The van der Waals surface area contributed by atoms with Crippen LogP contribution >= 0.6 is 15.9 Å². The van der Waals surface area contributed by atoms with Gasteiger partial charge in [0.25, 0.3) is 5.91 Å². The molecule has 1 aliphatic rings. The molecule has 1 aliphatic heterocycles. The van der Waals surface area contributed by atoms with Gasteiger partial charge in [-0.3, -0.25) is 4.79 Å². The molecule has 0 aromatic heterocycles. The molecule has 0 saturated carbocycles. The molecule has 2 rings (SSSR count). The van der Waals surface area contributed by atoms with E-state index in [-0.39, 0.29) is 5.91 Å². The molecule has 2 N–H and O–H groups in total. The molecule has 1 amide bonds. The van der Waals surface area contributed by atoms with Gasteiger partial charge in [0.1, 0.15) is 5.60 Å². The minimum absolute atomic E-state index is 0.0804. The molecular weight excluding hydrogens is 364 g/mol. The molecule has 128 valence electrons. The maximum atomic E-state index is 12.6. The van der Waals surface area contributed by atoms with E-state index in [1.54, 1.807) is 21.3 Å². The molecule has 1 fully saturated rings. The number of methoxy groups -OCH3 is 3. The normalized spacial score (nSPS) is 16.7. The van der Waals surface area contributed by atoms with Gasteiger partial charge in [0, 0.05) is 18.1 Å². The van der Waals surface area contributed by atoms with Crippen LogP contribution in [0.15, 0.2) is 16.6 Å². The molecule has 1 aromatic carbocycles. The van der Waals surface area contributed by atoms with Crippen LogP contribution in [0.2, 0.25) is 0 Å². The summed E-state index contributed by atoms with van der Waals surface area (Å²) < 4.78 is 16.9. The summed E-state index contributed by atoms with van der Waals surface area (Å²) in [6, 6.07) is 3.68. The van der Waals surface area contributed by atoms with Gasteiger partial charge in [-0.05, 0) is 43.6 Å². The van der Waals surface area contributed by atoms with Gasteiger partial charge in [-0.15, -0.1) is 0 Å². The summed E-state index contributed by atoms with van der Waals surface area (Å²) in [5, 5.41) is 6.21. The topological polar surface area (TPSA) is 68.8 Å².